The van der Waals surface area contributed by atoms with Gasteiger partial charge in [0, 0.05) is 21.3 Å². The lowest BCUT2D eigenvalue weighted by molar-refractivity contribution is -0.112. The Morgan fingerprint density at radius 2 is 1.81 bits per heavy atom. The van der Waals surface area contributed by atoms with Crippen LogP contribution in [-0.4, -0.2) is 12.5 Å². The third-order valence-electron chi connectivity index (χ3n) is 4.37. The van der Waals surface area contributed by atoms with E-state index in [1.54, 1.807) is 66.7 Å². The van der Waals surface area contributed by atoms with E-state index in [1.165, 1.54) is 6.08 Å². The van der Waals surface area contributed by atoms with E-state index in [1.807, 2.05) is 13.0 Å². The Balaban J connectivity index is 1.68. The number of benzene rings is 3. The molecule has 3 rings (SSSR count). The van der Waals surface area contributed by atoms with Crippen molar-refractivity contribution in [1.82, 2.24) is 0 Å². The third-order valence-corrected chi connectivity index (χ3v) is 4.95. The fourth-order valence-corrected chi connectivity index (χ4v) is 3.27. The van der Waals surface area contributed by atoms with Crippen LogP contribution in [0.4, 0.5) is 5.69 Å². The van der Waals surface area contributed by atoms with Gasteiger partial charge >= 0.3 is 0 Å². The zero-order chi connectivity index (χ0) is 22.9. The van der Waals surface area contributed by atoms with E-state index in [4.69, 9.17) is 32.7 Å². The molecule has 162 valence electrons. The first-order valence-corrected chi connectivity index (χ1v) is 10.6. The largest absolute Gasteiger partial charge is 0.494 e. The average molecular weight is 467 g/mol. The Labute approximate surface area is 196 Å². The first kappa shape index (κ1) is 23.2. The van der Waals surface area contributed by atoms with E-state index >= 15 is 0 Å². The molecule has 0 aliphatic rings. The minimum Gasteiger partial charge on any atom is -0.494 e. The topological polar surface area (TPSA) is 71.3 Å². The molecule has 5 nitrogen and oxygen atoms in total. The molecule has 0 aliphatic carbocycles. The molecule has 0 fully saturated rings. The normalized spacial score (nSPS) is 10.9. The Morgan fingerprint density at radius 1 is 1.03 bits per heavy atom. The van der Waals surface area contributed by atoms with Gasteiger partial charge in [-0.2, -0.15) is 5.26 Å². The number of hydrogen-bond donors (Lipinski definition) is 1. The minimum absolute atomic E-state index is 0.0308. The second kappa shape index (κ2) is 11.2. The molecule has 0 unspecified atom stereocenters. The van der Waals surface area contributed by atoms with Crippen molar-refractivity contribution in [2.45, 2.75) is 13.5 Å². The van der Waals surface area contributed by atoms with Crippen LogP contribution in [0.1, 0.15) is 18.1 Å². The van der Waals surface area contributed by atoms with Gasteiger partial charge in [0.25, 0.3) is 5.91 Å². The summed E-state index contributed by atoms with van der Waals surface area (Å²) >= 11 is 12.1. The van der Waals surface area contributed by atoms with Crippen molar-refractivity contribution in [3.8, 4) is 17.6 Å². The average Bonchev–Trinajstić information content (AvgIpc) is 2.78. The van der Waals surface area contributed by atoms with Gasteiger partial charge in [0.05, 0.1) is 6.61 Å². The Kier molecular flexibility index (Phi) is 8.15. The molecule has 3 aromatic rings. The zero-order valence-electron chi connectivity index (χ0n) is 17.3. The maximum absolute atomic E-state index is 12.5. The summed E-state index contributed by atoms with van der Waals surface area (Å²) in [6.45, 7) is 2.71. The van der Waals surface area contributed by atoms with Gasteiger partial charge in [-0.15, -0.1) is 0 Å². The Morgan fingerprint density at radius 3 is 2.50 bits per heavy atom. The predicted octanol–water partition coefficient (Wildman–Crippen LogP) is 6.52. The number of nitriles is 1. The second-order valence-corrected chi connectivity index (χ2v) is 7.52. The number of nitrogens with zero attached hydrogens (tertiary/aromatic N) is 1. The summed E-state index contributed by atoms with van der Waals surface area (Å²) in [6, 6.07) is 21.2. The van der Waals surface area contributed by atoms with Gasteiger partial charge in [-0.05, 0) is 67.1 Å². The van der Waals surface area contributed by atoms with Crippen LogP contribution in [-0.2, 0) is 11.4 Å². The van der Waals surface area contributed by atoms with Crippen LogP contribution in [0.3, 0.4) is 0 Å². The molecule has 0 radical (unpaired) electrons. The van der Waals surface area contributed by atoms with Gasteiger partial charge in [-0.25, -0.2) is 0 Å². The van der Waals surface area contributed by atoms with Crippen molar-refractivity contribution >= 4 is 40.9 Å². The number of nitrogens with one attached hydrogen (secondary N) is 1. The lowest BCUT2D eigenvalue weighted by atomic mass is 10.1. The molecule has 0 spiro atoms. The molecule has 0 aliphatic heterocycles. The van der Waals surface area contributed by atoms with E-state index in [2.05, 4.69) is 5.32 Å². The summed E-state index contributed by atoms with van der Waals surface area (Å²) in [5.74, 6) is 0.781. The van der Waals surface area contributed by atoms with E-state index in [-0.39, 0.29) is 12.2 Å². The van der Waals surface area contributed by atoms with Crippen LogP contribution in [0.2, 0.25) is 10.0 Å². The highest BCUT2D eigenvalue weighted by molar-refractivity contribution is 6.35. The van der Waals surface area contributed by atoms with Gasteiger partial charge in [0.1, 0.15) is 29.7 Å². The number of hydrogen-bond acceptors (Lipinski definition) is 4. The lowest BCUT2D eigenvalue weighted by Crippen LogP contribution is -2.13. The molecule has 0 saturated carbocycles. The van der Waals surface area contributed by atoms with E-state index in [9.17, 15) is 10.1 Å². The van der Waals surface area contributed by atoms with Gasteiger partial charge in [0.15, 0.2) is 0 Å². The molecule has 1 amide bonds. The Hall–Kier alpha value is -3.46. The molecule has 0 aromatic heterocycles. The molecular formula is C25H20Cl2N2O3. The smallest absolute Gasteiger partial charge is 0.266 e. The second-order valence-electron chi connectivity index (χ2n) is 6.68. The fraction of sp³-hybridized carbons (Fsp3) is 0.120. The van der Waals surface area contributed by atoms with E-state index in [0.717, 1.165) is 5.56 Å². The van der Waals surface area contributed by atoms with Gasteiger partial charge in [-0.1, -0.05) is 41.4 Å². The first-order valence-electron chi connectivity index (χ1n) is 9.81. The summed E-state index contributed by atoms with van der Waals surface area (Å²) in [7, 11) is 0. The molecule has 0 saturated heterocycles. The highest BCUT2D eigenvalue weighted by Crippen LogP contribution is 2.24. The van der Waals surface area contributed by atoms with Crippen molar-refractivity contribution in [3.05, 3.63) is 93.5 Å². The molecule has 0 heterocycles. The van der Waals surface area contributed by atoms with Crippen molar-refractivity contribution in [2.24, 2.45) is 0 Å². The zero-order valence-corrected chi connectivity index (χ0v) is 18.8. The molecule has 0 bridgehead atoms. The first-order chi connectivity index (χ1) is 15.5. The molecule has 1 N–H and O–H groups in total. The SMILES string of the molecule is CCOc1ccc(NC(=O)/C(C#N)=C\c2cccc(OCc3ccc(Cl)cc3Cl)c2)cc1. The summed E-state index contributed by atoms with van der Waals surface area (Å²) in [6.07, 6.45) is 1.51. The summed E-state index contributed by atoms with van der Waals surface area (Å²) in [5.41, 5.74) is 1.99. The Bertz CT molecular complexity index is 1170. The maximum atomic E-state index is 12.5. The van der Waals surface area contributed by atoms with E-state index in [0.29, 0.717) is 39.4 Å². The van der Waals surface area contributed by atoms with Crippen molar-refractivity contribution < 1.29 is 14.3 Å². The van der Waals surface area contributed by atoms with Crippen LogP contribution < -0.4 is 14.8 Å². The maximum Gasteiger partial charge on any atom is 0.266 e. The fourth-order valence-electron chi connectivity index (χ4n) is 2.81. The molecule has 32 heavy (non-hydrogen) atoms. The monoisotopic (exact) mass is 466 g/mol. The van der Waals surface area contributed by atoms with Crippen molar-refractivity contribution in [3.63, 3.8) is 0 Å². The van der Waals surface area contributed by atoms with Gasteiger partial charge < -0.3 is 14.8 Å². The number of amides is 1. The number of carbonyl (C=O) groups is 1. The molecule has 3 aromatic carbocycles. The van der Waals surface area contributed by atoms with E-state index < -0.39 is 5.91 Å². The number of rotatable bonds is 8. The van der Waals surface area contributed by atoms with Crippen LogP contribution in [0.5, 0.6) is 11.5 Å². The number of carbonyl (C=O) groups excluding carboxylic acids is 1. The van der Waals surface area contributed by atoms with Crippen molar-refractivity contribution in [1.29, 1.82) is 5.26 Å². The summed E-state index contributed by atoms with van der Waals surface area (Å²) in [4.78, 5) is 12.5. The number of halogens is 2. The van der Waals surface area contributed by atoms with Gasteiger partial charge in [-0.3, -0.25) is 4.79 Å². The lowest BCUT2D eigenvalue weighted by Gasteiger charge is -2.09. The van der Waals surface area contributed by atoms with Crippen LogP contribution in [0.25, 0.3) is 6.08 Å². The molecule has 7 heteroatoms. The van der Waals surface area contributed by atoms with Crippen molar-refractivity contribution in [2.75, 3.05) is 11.9 Å². The van der Waals surface area contributed by atoms with Crippen LogP contribution in [0, 0.1) is 11.3 Å². The van der Waals surface area contributed by atoms with Crippen LogP contribution in [0.15, 0.2) is 72.3 Å². The third kappa shape index (κ3) is 6.52. The summed E-state index contributed by atoms with van der Waals surface area (Å²) in [5, 5.41) is 13.3. The number of anilines is 1. The predicted molar refractivity (Wildman–Crippen MR) is 127 cm³/mol. The van der Waals surface area contributed by atoms with Crippen LogP contribution >= 0.6 is 23.2 Å². The molecular weight excluding hydrogens is 447 g/mol. The standard InChI is InChI=1S/C25H20Cl2N2O3/c1-2-31-22-10-8-21(9-11-22)29-25(30)19(15-28)12-17-4-3-5-23(13-17)32-16-18-6-7-20(26)14-24(18)27/h3-14H,2,16H2,1H3,(H,29,30)/b19-12-. The summed E-state index contributed by atoms with van der Waals surface area (Å²) < 4.78 is 11.2. The molecule has 0 atom stereocenters. The quantitative estimate of drug-likeness (QED) is 0.303. The number of ether oxygens (including phenoxy) is 2. The minimum atomic E-state index is -0.504. The van der Waals surface area contributed by atoms with Gasteiger partial charge in [0.2, 0.25) is 0 Å². The highest BCUT2D eigenvalue weighted by atomic mass is 35.5. The highest BCUT2D eigenvalue weighted by Gasteiger charge is 2.10.